The molecule has 3 rings (SSSR count). The third-order valence-electron chi connectivity index (χ3n) is 4.45. The highest BCUT2D eigenvalue weighted by molar-refractivity contribution is 5.94. The van der Waals surface area contributed by atoms with Crippen LogP contribution in [-0.2, 0) is 13.0 Å². The fraction of sp³-hybridized carbons (Fsp3) is 0.217. The van der Waals surface area contributed by atoms with Crippen molar-refractivity contribution in [2.45, 2.75) is 19.9 Å². The number of pyridine rings is 1. The quantitative estimate of drug-likeness (QED) is 0.625. The highest BCUT2D eigenvalue weighted by Gasteiger charge is 2.06. The number of aryl methyl sites for hydroxylation is 1. The number of carbonyl (C=O) groups is 1. The fourth-order valence-corrected chi connectivity index (χ4v) is 2.79. The number of hydrogen-bond donors (Lipinski definition) is 2. The van der Waals surface area contributed by atoms with Gasteiger partial charge in [0.25, 0.3) is 5.91 Å². The predicted molar refractivity (Wildman–Crippen MR) is 112 cm³/mol. The van der Waals surface area contributed by atoms with Gasteiger partial charge in [-0.05, 0) is 48.7 Å². The molecule has 28 heavy (non-hydrogen) atoms. The van der Waals surface area contributed by atoms with E-state index in [2.05, 4.69) is 21.7 Å². The fourth-order valence-electron chi connectivity index (χ4n) is 2.79. The second-order valence-electron chi connectivity index (χ2n) is 6.63. The number of carbonyl (C=O) groups excluding carboxylic acids is 1. The average Bonchev–Trinajstić information content (AvgIpc) is 2.74. The molecule has 0 unspecified atom stereocenters. The van der Waals surface area contributed by atoms with Crippen LogP contribution in [0.1, 0.15) is 27.0 Å². The lowest BCUT2D eigenvalue weighted by atomic mass is 10.1. The lowest BCUT2D eigenvalue weighted by Gasteiger charge is -2.08. The normalized spacial score (nSPS) is 10.4. The van der Waals surface area contributed by atoms with Gasteiger partial charge in [0.1, 0.15) is 11.6 Å². The maximum Gasteiger partial charge on any atom is 0.253 e. The minimum atomic E-state index is -0.129. The minimum Gasteiger partial charge on any atom is -0.497 e. The number of hydrogen-bond acceptors (Lipinski definition) is 4. The summed E-state index contributed by atoms with van der Waals surface area (Å²) >= 11 is 0. The second-order valence-corrected chi connectivity index (χ2v) is 6.63. The molecule has 0 aliphatic rings. The number of methoxy groups -OCH3 is 1. The molecule has 2 N–H and O–H groups in total. The summed E-state index contributed by atoms with van der Waals surface area (Å²) in [7, 11) is 1.67. The summed E-state index contributed by atoms with van der Waals surface area (Å²) in [6, 6.07) is 19.7. The van der Waals surface area contributed by atoms with Gasteiger partial charge in [-0.25, -0.2) is 4.98 Å². The monoisotopic (exact) mass is 375 g/mol. The first-order valence-corrected chi connectivity index (χ1v) is 9.30. The Hall–Kier alpha value is -3.34. The van der Waals surface area contributed by atoms with Crippen LogP contribution in [-0.4, -0.2) is 24.5 Å². The van der Waals surface area contributed by atoms with Gasteiger partial charge in [0.05, 0.1) is 12.7 Å². The van der Waals surface area contributed by atoms with Gasteiger partial charge in [-0.2, -0.15) is 0 Å². The Balaban J connectivity index is 1.47. The van der Waals surface area contributed by atoms with Gasteiger partial charge in [-0.1, -0.05) is 42.0 Å². The maximum atomic E-state index is 12.3. The molecule has 3 aromatic rings. The summed E-state index contributed by atoms with van der Waals surface area (Å²) in [6.07, 6.45) is 2.45. The van der Waals surface area contributed by atoms with E-state index < -0.39 is 0 Å². The Morgan fingerprint density at radius 3 is 2.57 bits per heavy atom. The van der Waals surface area contributed by atoms with Crippen molar-refractivity contribution >= 4 is 11.7 Å². The molecule has 0 atom stereocenters. The molecule has 0 saturated heterocycles. The van der Waals surface area contributed by atoms with E-state index in [0.717, 1.165) is 30.1 Å². The van der Waals surface area contributed by atoms with Crippen LogP contribution in [0, 0.1) is 6.92 Å². The van der Waals surface area contributed by atoms with E-state index in [4.69, 9.17) is 4.74 Å². The van der Waals surface area contributed by atoms with Gasteiger partial charge in [0, 0.05) is 19.3 Å². The summed E-state index contributed by atoms with van der Waals surface area (Å²) in [5.74, 6) is 1.48. The Morgan fingerprint density at radius 2 is 1.86 bits per heavy atom. The van der Waals surface area contributed by atoms with Crippen LogP contribution < -0.4 is 15.4 Å². The topological polar surface area (TPSA) is 63.2 Å². The van der Waals surface area contributed by atoms with Crippen molar-refractivity contribution in [2.24, 2.45) is 0 Å². The molecule has 0 fully saturated rings. The molecule has 5 nitrogen and oxygen atoms in total. The molecule has 1 amide bonds. The van der Waals surface area contributed by atoms with Crippen LogP contribution in [0.15, 0.2) is 66.9 Å². The largest absolute Gasteiger partial charge is 0.497 e. The van der Waals surface area contributed by atoms with Gasteiger partial charge in [-0.15, -0.1) is 0 Å². The molecular weight excluding hydrogens is 350 g/mol. The first kappa shape index (κ1) is 19.4. The number of rotatable bonds is 8. The summed E-state index contributed by atoms with van der Waals surface area (Å²) < 4.78 is 5.24. The van der Waals surface area contributed by atoms with Crippen molar-refractivity contribution < 1.29 is 9.53 Å². The van der Waals surface area contributed by atoms with E-state index >= 15 is 0 Å². The van der Waals surface area contributed by atoms with Crippen molar-refractivity contribution in [2.75, 3.05) is 19.0 Å². The van der Waals surface area contributed by atoms with E-state index in [1.165, 1.54) is 11.1 Å². The minimum absolute atomic E-state index is 0.129. The Kier molecular flexibility index (Phi) is 6.63. The zero-order valence-corrected chi connectivity index (χ0v) is 16.2. The van der Waals surface area contributed by atoms with Gasteiger partial charge in [0.2, 0.25) is 0 Å². The van der Waals surface area contributed by atoms with Gasteiger partial charge >= 0.3 is 0 Å². The van der Waals surface area contributed by atoms with Crippen LogP contribution >= 0.6 is 0 Å². The molecule has 0 saturated carbocycles. The first-order valence-electron chi connectivity index (χ1n) is 9.30. The number of ether oxygens (including phenoxy) is 1. The molecule has 0 spiro atoms. The Labute approximate surface area is 165 Å². The lowest BCUT2D eigenvalue weighted by molar-refractivity contribution is 0.0950. The maximum absolute atomic E-state index is 12.3. The first-order chi connectivity index (χ1) is 13.6. The van der Waals surface area contributed by atoms with Gasteiger partial charge in [-0.3, -0.25) is 4.79 Å². The number of aromatic nitrogens is 1. The third kappa shape index (κ3) is 5.58. The molecule has 5 heteroatoms. The predicted octanol–water partition coefficient (Wildman–Crippen LogP) is 3.98. The summed E-state index contributed by atoms with van der Waals surface area (Å²) in [5, 5.41) is 6.19. The Morgan fingerprint density at radius 1 is 1.04 bits per heavy atom. The number of amides is 1. The second kappa shape index (κ2) is 9.55. The van der Waals surface area contributed by atoms with Crippen molar-refractivity contribution in [1.29, 1.82) is 0 Å². The molecule has 144 valence electrons. The van der Waals surface area contributed by atoms with Crippen LogP contribution in [0.3, 0.4) is 0 Å². The summed E-state index contributed by atoms with van der Waals surface area (Å²) in [5.41, 5.74) is 4.01. The molecule has 0 aliphatic heterocycles. The number of nitrogens with zero attached hydrogens (tertiary/aromatic N) is 1. The van der Waals surface area contributed by atoms with E-state index in [1.807, 2.05) is 55.5 Å². The van der Waals surface area contributed by atoms with E-state index in [-0.39, 0.29) is 5.91 Å². The number of nitrogens with one attached hydrogen (secondary N) is 2. The molecule has 0 bridgehead atoms. The van der Waals surface area contributed by atoms with Crippen molar-refractivity contribution in [1.82, 2.24) is 10.3 Å². The van der Waals surface area contributed by atoms with Crippen molar-refractivity contribution in [3.63, 3.8) is 0 Å². The van der Waals surface area contributed by atoms with Crippen molar-refractivity contribution in [3.8, 4) is 5.75 Å². The highest BCUT2D eigenvalue weighted by atomic mass is 16.5. The van der Waals surface area contributed by atoms with Crippen LogP contribution in [0.25, 0.3) is 0 Å². The lowest BCUT2D eigenvalue weighted by Crippen LogP contribution is -2.23. The number of benzene rings is 2. The van der Waals surface area contributed by atoms with Crippen LogP contribution in [0.4, 0.5) is 5.82 Å². The molecule has 1 aromatic heterocycles. The standard InChI is InChI=1S/C23H25N3O2/c1-17-6-8-19(9-7-17)15-26-23(27)20-10-11-22(25-16-20)24-13-12-18-4-3-5-21(14-18)28-2/h3-11,14,16H,12-13,15H2,1-2H3,(H,24,25)(H,26,27). The zero-order valence-electron chi connectivity index (χ0n) is 16.2. The van der Waals surface area contributed by atoms with Gasteiger partial charge in [0.15, 0.2) is 0 Å². The van der Waals surface area contributed by atoms with Gasteiger partial charge < -0.3 is 15.4 Å². The molecule has 0 radical (unpaired) electrons. The highest BCUT2D eigenvalue weighted by Crippen LogP contribution is 2.13. The Bertz CT molecular complexity index is 906. The van der Waals surface area contributed by atoms with Crippen LogP contribution in [0.2, 0.25) is 0 Å². The SMILES string of the molecule is COc1cccc(CCNc2ccc(C(=O)NCc3ccc(C)cc3)cn2)c1. The smallest absolute Gasteiger partial charge is 0.253 e. The van der Waals surface area contributed by atoms with Crippen molar-refractivity contribution in [3.05, 3.63) is 89.1 Å². The molecule has 2 aromatic carbocycles. The number of anilines is 1. The van der Waals surface area contributed by atoms with E-state index in [9.17, 15) is 4.79 Å². The molecule has 0 aliphatic carbocycles. The average molecular weight is 375 g/mol. The summed E-state index contributed by atoms with van der Waals surface area (Å²) in [4.78, 5) is 16.6. The van der Waals surface area contributed by atoms with Crippen LogP contribution in [0.5, 0.6) is 5.75 Å². The molecule has 1 heterocycles. The third-order valence-corrected chi connectivity index (χ3v) is 4.45. The van der Waals surface area contributed by atoms with E-state index in [0.29, 0.717) is 12.1 Å². The zero-order chi connectivity index (χ0) is 19.8. The van der Waals surface area contributed by atoms with E-state index in [1.54, 1.807) is 19.4 Å². The molecular formula is C23H25N3O2. The summed E-state index contributed by atoms with van der Waals surface area (Å²) in [6.45, 7) is 3.29.